The molecule has 32 heavy (non-hydrogen) atoms. The second-order valence-corrected chi connectivity index (χ2v) is 8.22. The van der Waals surface area contributed by atoms with Gasteiger partial charge in [-0.25, -0.2) is 9.97 Å². The number of benzene rings is 3. The molecule has 1 saturated heterocycles. The van der Waals surface area contributed by atoms with E-state index in [1.807, 2.05) is 18.2 Å². The Morgan fingerprint density at radius 1 is 0.844 bits per heavy atom. The highest BCUT2D eigenvalue weighted by molar-refractivity contribution is 5.88. The van der Waals surface area contributed by atoms with Crippen molar-refractivity contribution in [1.29, 1.82) is 0 Å². The van der Waals surface area contributed by atoms with Crippen LogP contribution in [-0.4, -0.2) is 27.6 Å². The van der Waals surface area contributed by atoms with E-state index in [4.69, 9.17) is 10.7 Å². The molecule has 1 fully saturated rings. The van der Waals surface area contributed by atoms with Gasteiger partial charge in [0.1, 0.15) is 11.6 Å². The lowest BCUT2D eigenvalue weighted by Crippen LogP contribution is -2.39. The maximum atomic E-state index is 6.26. The van der Waals surface area contributed by atoms with Gasteiger partial charge in [0.2, 0.25) is 0 Å². The number of imidazole rings is 1. The van der Waals surface area contributed by atoms with Crippen LogP contribution in [0.3, 0.4) is 0 Å². The van der Waals surface area contributed by atoms with Gasteiger partial charge >= 0.3 is 0 Å². The maximum absolute atomic E-state index is 6.26. The normalized spacial score (nSPS) is 13.9. The molecular formula is C27H23N5. The van der Waals surface area contributed by atoms with E-state index in [-0.39, 0.29) is 0 Å². The summed E-state index contributed by atoms with van der Waals surface area (Å²) in [5, 5.41) is 3.35. The van der Waals surface area contributed by atoms with Crippen molar-refractivity contribution in [1.82, 2.24) is 19.9 Å². The summed E-state index contributed by atoms with van der Waals surface area (Å²) in [6, 6.07) is 29.5. The van der Waals surface area contributed by atoms with Crippen molar-refractivity contribution in [2.75, 3.05) is 18.8 Å². The molecule has 6 rings (SSSR count). The molecule has 156 valence electrons. The highest BCUT2D eigenvalue weighted by atomic mass is 15.1. The Hall–Kier alpha value is -3.96. The van der Waals surface area contributed by atoms with Crippen molar-refractivity contribution in [3.05, 3.63) is 96.7 Å². The summed E-state index contributed by atoms with van der Waals surface area (Å²) in [7, 11) is 0. The molecule has 2 aromatic heterocycles. The van der Waals surface area contributed by atoms with Crippen molar-refractivity contribution in [3.63, 3.8) is 0 Å². The summed E-state index contributed by atoms with van der Waals surface area (Å²) in [6.07, 6.45) is 1.71. The number of hydrogen-bond acceptors (Lipinski definition) is 4. The molecule has 0 radical (unpaired) electrons. The number of aromatic nitrogens is 3. The van der Waals surface area contributed by atoms with Crippen LogP contribution in [0, 0.1) is 0 Å². The lowest BCUT2D eigenvalue weighted by Gasteiger charge is -2.27. The molecule has 0 spiro atoms. The molecule has 3 N–H and O–H groups in total. The second kappa shape index (κ2) is 7.62. The van der Waals surface area contributed by atoms with Crippen molar-refractivity contribution in [2.45, 2.75) is 5.92 Å². The monoisotopic (exact) mass is 417 g/mol. The molecule has 0 bridgehead atoms. The second-order valence-electron chi connectivity index (χ2n) is 8.22. The smallest absolute Gasteiger partial charge is 0.149 e. The number of anilines is 1. The Balaban J connectivity index is 1.57. The van der Waals surface area contributed by atoms with Crippen LogP contribution in [0.5, 0.6) is 0 Å². The minimum atomic E-state index is 0.476. The zero-order valence-corrected chi connectivity index (χ0v) is 17.6. The number of nitrogens with one attached hydrogen (secondary N) is 1. The molecule has 0 unspecified atom stereocenters. The lowest BCUT2D eigenvalue weighted by molar-refractivity contribution is 0.448. The lowest BCUT2D eigenvalue weighted by atomic mass is 9.94. The minimum Gasteiger partial charge on any atom is -0.383 e. The van der Waals surface area contributed by atoms with E-state index in [1.54, 1.807) is 6.20 Å². The van der Waals surface area contributed by atoms with Crippen LogP contribution in [0.15, 0.2) is 91.1 Å². The van der Waals surface area contributed by atoms with Crippen LogP contribution in [-0.2, 0) is 0 Å². The highest BCUT2D eigenvalue weighted by Crippen LogP contribution is 2.33. The number of nitrogens with zero attached hydrogens (tertiary/aromatic N) is 3. The zero-order chi connectivity index (χ0) is 21.5. The molecule has 1 aliphatic heterocycles. The average Bonchev–Trinajstić information content (AvgIpc) is 3.18. The van der Waals surface area contributed by atoms with Crippen LogP contribution in [0.1, 0.15) is 11.5 Å². The number of fused-ring (bicyclic) bond motifs is 1. The number of rotatable bonds is 4. The molecule has 0 amide bonds. The van der Waals surface area contributed by atoms with Crippen LogP contribution in [0.4, 0.5) is 5.82 Å². The van der Waals surface area contributed by atoms with Gasteiger partial charge < -0.3 is 11.1 Å². The molecule has 0 atom stereocenters. The summed E-state index contributed by atoms with van der Waals surface area (Å²) in [4.78, 5) is 9.27. The Morgan fingerprint density at radius 3 is 2.38 bits per heavy atom. The third-order valence-corrected chi connectivity index (χ3v) is 6.25. The molecule has 0 aliphatic carbocycles. The van der Waals surface area contributed by atoms with Crippen LogP contribution in [0.2, 0.25) is 0 Å². The van der Waals surface area contributed by atoms with Gasteiger partial charge in [-0.15, -0.1) is 0 Å². The van der Waals surface area contributed by atoms with Crippen molar-refractivity contribution < 1.29 is 0 Å². The highest BCUT2D eigenvalue weighted by Gasteiger charge is 2.20. The molecule has 5 aromatic rings. The van der Waals surface area contributed by atoms with Crippen molar-refractivity contribution in [2.24, 2.45) is 0 Å². The maximum Gasteiger partial charge on any atom is 0.149 e. The van der Waals surface area contributed by atoms with E-state index in [0.717, 1.165) is 46.8 Å². The fraction of sp³-hybridized carbons (Fsp3) is 0.111. The fourth-order valence-corrected chi connectivity index (χ4v) is 4.35. The molecule has 5 heteroatoms. The minimum absolute atomic E-state index is 0.476. The Morgan fingerprint density at radius 2 is 1.66 bits per heavy atom. The predicted molar refractivity (Wildman–Crippen MR) is 130 cm³/mol. The van der Waals surface area contributed by atoms with Gasteiger partial charge in [0.25, 0.3) is 0 Å². The predicted octanol–water partition coefficient (Wildman–Crippen LogP) is 5.02. The number of nitrogens with two attached hydrogens (primary N) is 1. The largest absolute Gasteiger partial charge is 0.383 e. The number of pyridine rings is 1. The van der Waals surface area contributed by atoms with Gasteiger partial charge in [0.15, 0.2) is 0 Å². The standard InChI is InChI=1S/C27H23N5/c28-26-23(7-4-14-30-26)27-31-24-13-10-20(18-5-2-1-3-6-18)15-25(24)32(27)22-11-8-19(9-12-22)21-16-29-17-21/h1-15,21,29H,16-17H2,(H2,28,30). The van der Waals surface area contributed by atoms with Gasteiger partial charge in [-0.1, -0.05) is 48.5 Å². The van der Waals surface area contributed by atoms with Crippen LogP contribution in [0.25, 0.3) is 39.2 Å². The summed E-state index contributed by atoms with van der Waals surface area (Å²) >= 11 is 0. The Bertz CT molecular complexity index is 1400. The van der Waals surface area contributed by atoms with Crippen LogP contribution < -0.4 is 11.1 Å². The van der Waals surface area contributed by atoms with Gasteiger partial charge in [-0.2, -0.15) is 0 Å². The van der Waals surface area contributed by atoms with Crippen molar-refractivity contribution >= 4 is 16.9 Å². The molecule has 3 aromatic carbocycles. The first-order valence-corrected chi connectivity index (χ1v) is 10.9. The van der Waals surface area contributed by atoms with Gasteiger partial charge in [-0.05, 0) is 53.1 Å². The molecule has 0 saturated carbocycles. The Kier molecular flexibility index (Phi) is 4.47. The summed E-state index contributed by atoms with van der Waals surface area (Å²) in [5.74, 6) is 1.88. The quantitative estimate of drug-likeness (QED) is 0.431. The van der Waals surface area contributed by atoms with E-state index in [9.17, 15) is 0 Å². The average molecular weight is 418 g/mol. The summed E-state index contributed by atoms with van der Waals surface area (Å²) < 4.78 is 2.19. The number of nitrogen functional groups attached to an aromatic ring is 1. The fourth-order valence-electron chi connectivity index (χ4n) is 4.35. The molecule has 5 nitrogen and oxygen atoms in total. The summed E-state index contributed by atoms with van der Waals surface area (Å²) in [6.45, 7) is 2.09. The first-order chi connectivity index (χ1) is 15.8. The van der Waals surface area contributed by atoms with E-state index >= 15 is 0 Å². The SMILES string of the molecule is Nc1ncccc1-c1nc2ccc(-c3ccccc3)cc2n1-c1ccc(C2CNC2)cc1. The van der Waals surface area contributed by atoms with E-state index in [2.05, 4.69) is 81.6 Å². The number of hydrogen-bond donors (Lipinski definition) is 2. The molecular weight excluding hydrogens is 394 g/mol. The van der Waals surface area contributed by atoms with E-state index in [1.165, 1.54) is 11.1 Å². The first-order valence-electron chi connectivity index (χ1n) is 10.9. The van der Waals surface area contributed by atoms with E-state index in [0.29, 0.717) is 11.7 Å². The third-order valence-electron chi connectivity index (χ3n) is 6.25. The molecule has 3 heterocycles. The molecule has 1 aliphatic rings. The van der Waals surface area contributed by atoms with Gasteiger partial charge in [0.05, 0.1) is 16.6 Å². The third kappa shape index (κ3) is 3.15. The summed E-state index contributed by atoms with van der Waals surface area (Å²) in [5.41, 5.74) is 13.8. The van der Waals surface area contributed by atoms with Crippen LogP contribution >= 0.6 is 0 Å². The zero-order valence-electron chi connectivity index (χ0n) is 17.6. The first kappa shape index (κ1) is 18.8. The topological polar surface area (TPSA) is 68.8 Å². The Labute approximate surface area is 186 Å². The van der Waals surface area contributed by atoms with Gasteiger partial charge in [-0.3, -0.25) is 4.57 Å². The van der Waals surface area contributed by atoms with Gasteiger partial charge in [0, 0.05) is 30.9 Å². The van der Waals surface area contributed by atoms with Crippen molar-refractivity contribution in [3.8, 4) is 28.2 Å². The van der Waals surface area contributed by atoms with E-state index < -0.39 is 0 Å².